The number of anilines is 6. The van der Waals surface area contributed by atoms with E-state index in [1.807, 2.05) is 0 Å². The van der Waals surface area contributed by atoms with E-state index in [4.69, 9.17) is 9.47 Å². The molecule has 0 fully saturated rings. The first kappa shape index (κ1) is 90.4. The summed E-state index contributed by atoms with van der Waals surface area (Å²) in [6.07, 6.45) is 2.25. The molecule has 694 valence electrons. The van der Waals surface area contributed by atoms with Crippen LogP contribution in [0.25, 0.3) is 44.5 Å². The first-order valence-corrected chi connectivity index (χ1v) is 50.9. The highest BCUT2D eigenvalue weighted by Gasteiger charge is 2.52. The van der Waals surface area contributed by atoms with Crippen LogP contribution in [-0.2, 0) is 40.3 Å². The van der Waals surface area contributed by atoms with Crippen LogP contribution in [0.5, 0.6) is 11.5 Å². The van der Waals surface area contributed by atoms with E-state index in [2.05, 4.69) is 563 Å². The van der Waals surface area contributed by atoms with Crippen molar-refractivity contribution in [1.82, 2.24) is 0 Å². The molecule has 0 aliphatic heterocycles. The summed E-state index contributed by atoms with van der Waals surface area (Å²) in [5, 5.41) is 0. The number of para-hydroxylation sites is 2. The van der Waals surface area contributed by atoms with Crippen molar-refractivity contribution in [2.45, 2.75) is 120 Å². The summed E-state index contributed by atoms with van der Waals surface area (Å²) in [6.45, 7) is 19.1. The van der Waals surface area contributed by atoms with Gasteiger partial charge in [0.15, 0.2) is 0 Å². The van der Waals surface area contributed by atoms with E-state index >= 15 is 0 Å². The van der Waals surface area contributed by atoms with Crippen LogP contribution >= 0.6 is 0 Å². The van der Waals surface area contributed by atoms with E-state index in [0.29, 0.717) is 25.0 Å². The standard InChI is InChI=1S/C71H61NO.C68H55NO/c1-6-49(2)51-32-30-50(31-33-51)48-73-60-42-38-56(39-43-60)71(55-36-34-52(35-37-55)69(3,4)5)66-29-19-17-27-62(66)64-45-41-59(47-68(64)71)72(57-24-14-9-15-25-57)58-40-44-63-61-26-16-18-28-65(61)70(67(63)46-58,53-20-10-7-11-21-53)54-22-12-8-13-23-54;1-4-48(3)50-32-30-49(31-33-50)46-70-58-40-36-54(37-41-58)68(53-34-28-47(2)29-35-53)64-27-17-15-25-60(64)62-43-39-57(45-66(62)68)69(55-22-12-7-13-23-55)56-38-42-61-59-24-14-16-26-63(59)67(65(61)44-56,51-18-8-5-9-19-51)52-20-10-6-11-21-52/h7-47,49H,6,48H2,1-5H3;5-45,48H,4,46H2,1-3H3. The second-order valence-electron chi connectivity index (χ2n) is 40.3. The maximum absolute atomic E-state index is 6.53. The molecule has 20 aromatic rings. The molecule has 4 aliphatic rings. The number of benzene rings is 20. The van der Waals surface area contributed by atoms with Crippen LogP contribution in [0, 0.1) is 6.92 Å². The largest absolute Gasteiger partial charge is 0.489 e. The van der Waals surface area contributed by atoms with Gasteiger partial charge in [-0.25, -0.2) is 0 Å². The minimum absolute atomic E-state index is 0.00390. The van der Waals surface area contributed by atoms with Crippen LogP contribution in [0.2, 0.25) is 0 Å². The minimum Gasteiger partial charge on any atom is -0.489 e. The molecule has 0 saturated heterocycles. The van der Waals surface area contributed by atoms with Crippen molar-refractivity contribution in [3.63, 3.8) is 0 Å². The van der Waals surface area contributed by atoms with Gasteiger partial charge in [-0.1, -0.05) is 454 Å². The van der Waals surface area contributed by atoms with Crippen molar-refractivity contribution >= 4 is 34.1 Å². The zero-order valence-corrected chi connectivity index (χ0v) is 82.5. The summed E-state index contributed by atoms with van der Waals surface area (Å²) in [4.78, 5) is 4.92. The molecule has 4 unspecified atom stereocenters. The Morgan fingerprint density at radius 1 is 0.224 bits per heavy atom. The number of hydrogen-bond acceptors (Lipinski definition) is 4. The first-order valence-electron chi connectivity index (χ1n) is 50.9. The van der Waals surface area contributed by atoms with Crippen LogP contribution in [0.15, 0.2) is 497 Å². The van der Waals surface area contributed by atoms with Gasteiger partial charge >= 0.3 is 0 Å². The summed E-state index contributed by atoms with van der Waals surface area (Å²) in [6, 6.07) is 185. The molecule has 24 rings (SSSR count). The fourth-order valence-corrected chi connectivity index (χ4v) is 23.9. The lowest BCUT2D eigenvalue weighted by Gasteiger charge is -2.36. The SMILES string of the molecule is CCC(C)c1ccc(COc2ccc(C3(c4ccc(C(C)(C)C)cc4)c4ccccc4-c4ccc(N(c5ccccc5)c5ccc6c(c5)C(c5ccccc5)(c5ccccc5)c5ccccc5-6)cc43)cc2)cc1.CCC(C)c1ccc(COc2ccc(C3(c4ccc(C)cc4)c4ccccc4-c4ccc(N(c5ccccc5)c5ccc6c(c5)C(c5ccccc5)(c5ccccc5)c5ccccc5-6)cc43)cc2)cc1. The zero-order chi connectivity index (χ0) is 97.0. The fourth-order valence-electron chi connectivity index (χ4n) is 23.9. The minimum atomic E-state index is -0.638. The predicted molar refractivity (Wildman–Crippen MR) is 594 cm³/mol. The summed E-state index contributed by atoms with van der Waals surface area (Å²) >= 11 is 0. The van der Waals surface area contributed by atoms with Gasteiger partial charge in [0, 0.05) is 34.1 Å². The first-order chi connectivity index (χ1) is 70.2. The second-order valence-corrected chi connectivity index (χ2v) is 40.3. The molecule has 143 heavy (non-hydrogen) atoms. The number of fused-ring (bicyclic) bond motifs is 12. The number of hydrogen-bond donors (Lipinski definition) is 0. The van der Waals surface area contributed by atoms with Crippen LogP contribution in [0.1, 0.15) is 196 Å². The lowest BCUT2D eigenvalue weighted by Crippen LogP contribution is -2.29. The molecule has 4 nitrogen and oxygen atoms in total. The van der Waals surface area contributed by atoms with E-state index in [1.165, 1.54) is 167 Å². The molecule has 4 heteroatoms. The summed E-state index contributed by atoms with van der Waals surface area (Å²) in [7, 11) is 0. The van der Waals surface area contributed by atoms with E-state index in [0.717, 1.165) is 58.5 Å². The average Bonchev–Trinajstić information content (AvgIpc) is 1.54. The van der Waals surface area contributed by atoms with E-state index < -0.39 is 21.7 Å². The quantitative estimate of drug-likeness (QED) is 0.0602. The van der Waals surface area contributed by atoms with Gasteiger partial charge in [-0.3, -0.25) is 0 Å². The Hall–Kier alpha value is -16.4. The maximum Gasteiger partial charge on any atom is 0.119 e. The van der Waals surface area contributed by atoms with Gasteiger partial charge in [-0.05, 0) is 295 Å². The van der Waals surface area contributed by atoms with Gasteiger partial charge in [0.2, 0.25) is 0 Å². The number of aryl methyl sites for hydroxylation is 1. The highest BCUT2D eigenvalue weighted by atomic mass is 16.5. The van der Waals surface area contributed by atoms with Gasteiger partial charge in [0.1, 0.15) is 24.7 Å². The normalized spacial score (nSPS) is 15.4. The Balaban J connectivity index is 0.000000159. The Morgan fingerprint density at radius 3 is 0.720 bits per heavy atom. The molecule has 0 N–H and O–H groups in total. The Kier molecular flexibility index (Phi) is 23.8. The third-order valence-electron chi connectivity index (χ3n) is 31.4. The van der Waals surface area contributed by atoms with Crippen molar-refractivity contribution in [2.24, 2.45) is 0 Å². The van der Waals surface area contributed by atoms with E-state index in [-0.39, 0.29) is 5.41 Å². The van der Waals surface area contributed by atoms with Crippen LogP contribution in [0.3, 0.4) is 0 Å². The highest BCUT2D eigenvalue weighted by molar-refractivity contribution is 5.96. The maximum atomic E-state index is 6.53. The number of rotatable bonds is 24. The Morgan fingerprint density at radius 2 is 0.455 bits per heavy atom. The molecule has 0 amide bonds. The van der Waals surface area contributed by atoms with Crippen molar-refractivity contribution in [1.29, 1.82) is 0 Å². The Labute approximate surface area is 843 Å². The Bertz CT molecular complexity index is 7920. The molecule has 0 saturated carbocycles. The molecular weight excluding hydrogens is 1730 g/mol. The average molecular weight is 1850 g/mol. The highest BCUT2D eigenvalue weighted by Crippen LogP contribution is 2.64. The second kappa shape index (κ2) is 37.6. The topological polar surface area (TPSA) is 24.9 Å². The van der Waals surface area contributed by atoms with Gasteiger partial charge in [0.25, 0.3) is 0 Å². The van der Waals surface area contributed by atoms with Gasteiger partial charge in [-0.15, -0.1) is 0 Å². The van der Waals surface area contributed by atoms with E-state index in [9.17, 15) is 0 Å². The van der Waals surface area contributed by atoms with Crippen molar-refractivity contribution < 1.29 is 9.47 Å². The summed E-state index contributed by atoms with van der Waals surface area (Å²) in [5.41, 5.74) is 42.0. The molecule has 0 bridgehead atoms. The smallest absolute Gasteiger partial charge is 0.119 e. The number of nitrogens with zero attached hydrogens (tertiary/aromatic N) is 2. The van der Waals surface area contributed by atoms with E-state index in [1.54, 1.807) is 0 Å². The predicted octanol–water partition coefficient (Wildman–Crippen LogP) is 35.6. The van der Waals surface area contributed by atoms with Crippen LogP contribution < -0.4 is 19.3 Å². The molecule has 0 radical (unpaired) electrons. The fraction of sp³-hybridized carbons (Fsp3) is 0.137. The summed E-state index contributed by atoms with van der Waals surface area (Å²) < 4.78 is 13.0. The molecule has 4 atom stereocenters. The lowest BCUT2D eigenvalue weighted by molar-refractivity contribution is 0.306. The third kappa shape index (κ3) is 15.5. The zero-order valence-electron chi connectivity index (χ0n) is 82.5. The molecule has 4 aliphatic carbocycles. The van der Waals surface area contributed by atoms with Gasteiger partial charge in [-0.2, -0.15) is 0 Å². The van der Waals surface area contributed by atoms with Gasteiger partial charge < -0.3 is 19.3 Å². The molecule has 20 aromatic carbocycles. The molecular formula is C139H116N2O2. The van der Waals surface area contributed by atoms with Crippen molar-refractivity contribution in [2.75, 3.05) is 9.80 Å². The lowest BCUT2D eigenvalue weighted by atomic mass is 9.67. The summed E-state index contributed by atoms with van der Waals surface area (Å²) in [5.74, 6) is 2.79. The van der Waals surface area contributed by atoms with Crippen molar-refractivity contribution in [3.8, 4) is 56.0 Å². The van der Waals surface area contributed by atoms with Crippen LogP contribution in [0.4, 0.5) is 34.1 Å². The molecule has 0 heterocycles. The van der Waals surface area contributed by atoms with Gasteiger partial charge in [0.05, 0.1) is 21.7 Å². The van der Waals surface area contributed by atoms with Crippen LogP contribution in [-0.4, -0.2) is 0 Å². The molecule has 0 aromatic heterocycles. The monoisotopic (exact) mass is 1840 g/mol. The van der Waals surface area contributed by atoms with Crippen molar-refractivity contribution in [3.05, 3.63) is 620 Å². The third-order valence-corrected chi connectivity index (χ3v) is 31.4. The number of ether oxygens (including phenoxy) is 2. The molecule has 0 spiro atoms.